The summed E-state index contributed by atoms with van der Waals surface area (Å²) in [4.78, 5) is 54.8. The Balaban J connectivity index is 1.70. The largest absolute Gasteiger partial charge is 0.493 e. The van der Waals surface area contributed by atoms with Crippen molar-refractivity contribution in [2.24, 2.45) is 0 Å². The molecule has 214 valence electrons. The molecule has 0 radical (unpaired) electrons. The molecule has 41 heavy (non-hydrogen) atoms. The van der Waals surface area contributed by atoms with Gasteiger partial charge in [-0.15, -0.1) is 0 Å². The van der Waals surface area contributed by atoms with Gasteiger partial charge in [0.15, 0.2) is 17.7 Å². The standard InChI is InChI=1S/C29H27F2N3O7/c1-40-23-12-7-19(15-24(23)41-2)29(39)34-14-13-33(28(38)18-5-10-21(31)11-6-18)27(34)26(37)32-22(16-25(35)36)17-3-8-20(30)9-4-17/h3-12,15,22,27H,13-14,16H2,1-2H3,(H,32,37)(H,35,36). The molecule has 0 saturated carbocycles. The van der Waals surface area contributed by atoms with Crippen molar-refractivity contribution in [3.05, 3.63) is 95.1 Å². The van der Waals surface area contributed by atoms with Crippen molar-refractivity contribution < 1.29 is 42.5 Å². The number of amides is 3. The van der Waals surface area contributed by atoms with E-state index in [9.17, 15) is 33.1 Å². The van der Waals surface area contributed by atoms with Crippen LogP contribution in [0.15, 0.2) is 66.7 Å². The van der Waals surface area contributed by atoms with Crippen molar-refractivity contribution in [1.29, 1.82) is 0 Å². The molecule has 2 unspecified atom stereocenters. The quantitative estimate of drug-likeness (QED) is 0.407. The predicted molar refractivity (Wildman–Crippen MR) is 141 cm³/mol. The number of halogens is 2. The summed E-state index contributed by atoms with van der Waals surface area (Å²) in [6, 6.07) is 13.0. The number of ether oxygens (including phenoxy) is 2. The maximum atomic E-state index is 13.8. The molecule has 2 atom stereocenters. The number of nitrogens with zero attached hydrogens (tertiary/aromatic N) is 2. The molecule has 3 aromatic carbocycles. The molecule has 12 heteroatoms. The average molecular weight is 568 g/mol. The molecule has 2 N–H and O–H groups in total. The Morgan fingerprint density at radius 1 is 0.829 bits per heavy atom. The van der Waals surface area contributed by atoms with Crippen LogP contribution < -0.4 is 14.8 Å². The Hall–Kier alpha value is -5.00. The fourth-order valence-corrected chi connectivity index (χ4v) is 4.60. The topological polar surface area (TPSA) is 125 Å². The van der Waals surface area contributed by atoms with E-state index in [-0.39, 0.29) is 30.0 Å². The Bertz CT molecular complexity index is 1450. The summed E-state index contributed by atoms with van der Waals surface area (Å²) < 4.78 is 37.5. The molecule has 4 rings (SSSR count). The lowest BCUT2D eigenvalue weighted by Crippen LogP contribution is -2.54. The number of hydrogen-bond acceptors (Lipinski definition) is 6. The minimum absolute atomic E-state index is 0.0294. The van der Waals surface area contributed by atoms with Crippen molar-refractivity contribution in [2.45, 2.75) is 18.6 Å². The zero-order chi connectivity index (χ0) is 29.7. The first-order valence-electron chi connectivity index (χ1n) is 12.5. The highest BCUT2D eigenvalue weighted by Crippen LogP contribution is 2.30. The highest BCUT2D eigenvalue weighted by molar-refractivity contribution is 6.02. The van der Waals surface area contributed by atoms with E-state index in [0.717, 1.165) is 29.2 Å². The third-order valence-electron chi connectivity index (χ3n) is 6.62. The van der Waals surface area contributed by atoms with Crippen molar-refractivity contribution >= 4 is 23.7 Å². The van der Waals surface area contributed by atoms with Gasteiger partial charge in [-0.25, -0.2) is 8.78 Å². The van der Waals surface area contributed by atoms with Crippen LogP contribution in [0.25, 0.3) is 0 Å². The number of aliphatic carboxylic acids is 1. The predicted octanol–water partition coefficient (Wildman–Crippen LogP) is 3.24. The van der Waals surface area contributed by atoms with Gasteiger partial charge in [0.2, 0.25) is 0 Å². The summed E-state index contributed by atoms with van der Waals surface area (Å²) in [5.74, 6) is -3.75. The van der Waals surface area contributed by atoms with Crippen LogP contribution in [-0.2, 0) is 9.59 Å². The highest BCUT2D eigenvalue weighted by atomic mass is 19.1. The summed E-state index contributed by atoms with van der Waals surface area (Å²) in [6.07, 6.45) is -2.02. The fraction of sp³-hybridized carbons (Fsp3) is 0.241. The van der Waals surface area contributed by atoms with E-state index in [1.165, 1.54) is 61.6 Å². The molecular formula is C29H27F2N3O7. The monoisotopic (exact) mass is 567 g/mol. The van der Waals surface area contributed by atoms with E-state index in [1.807, 2.05) is 0 Å². The van der Waals surface area contributed by atoms with Crippen LogP contribution >= 0.6 is 0 Å². The first-order chi connectivity index (χ1) is 19.6. The molecule has 0 bridgehead atoms. The second kappa shape index (κ2) is 12.5. The van der Waals surface area contributed by atoms with E-state index in [4.69, 9.17) is 9.47 Å². The number of rotatable bonds is 9. The lowest BCUT2D eigenvalue weighted by atomic mass is 10.0. The van der Waals surface area contributed by atoms with Gasteiger partial charge in [0.1, 0.15) is 11.6 Å². The molecule has 0 aliphatic carbocycles. The van der Waals surface area contributed by atoms with Crippen LogP contribution in [0.4, 0.5) is 8.78 Å². The molecule has 1 fully saturated rings. The number of carbonyl (C=O) groups excluding carboxylic acids is 3. The van der Waals surface area contributed by atoms with Crippen LogP contribution in [0.2, 0.25) is 0 Å². The van der Waals surface area contributed by atoms with Crippen molar-refractivity contribution in [3.8, 4) is 11.5 Å². The minimum Gasteiger partial charge on any atom is -0.493 e. The smallest absolute Gasteiger partial charge is 0.305 e. The van der Waals surface area contributed by atoms with Crippen LogP contribution in [0.3, 0.4) is 0 Å². The Labute approximate surface area is 234 Å². The second-order valence-electron chi connectivity index (χ2n) is 9.16. The van der Waals surface area contributed by atoms with Crippen molar-refractivity contribution in [3.63, 3.8) is 0 Å². The summed E-state index contributed by atoms with van der Waals surface area (Å²) in [5.41, 5.74) is 0.553. The van der Waals surface area contributed by atoms with Gasteiger partial charge in [0.25, 0.3) is 17.7 Å². The fourth-order valence-electron chi connectivity index (χ4n) is 4.60. The van der Waals surface area contributed by atoms with Crippen LogP contribution in [0.5, 0.6) is 11.5 Å². The zero-order valence-electron chi connectivity index (χ0n) is 22.2. The number of carboxylic acid groups (broad SMARTS) is 1. The molecule has 0 spiro atoms. The first-order valence-corrected chi connectivity index (χ1v) is 12.5. The lowest BCUT2D eigenvalue weighted by Gasteiger charge is -2.31. The SMILES string of the molecule is COc1ccc(C(=O)N2CCN(C(=O)c3ccc(F)cc3)C2C(=O)NC(CC(=O)O)c2ccc(F)cc2)cc1OC. The van der Waals surface area contributed by atoms with Gasteiger partial charge >= 0.3 is 5.97 Å². The van der Waals surface area contributed by atoms with E-state index < -0.39 is 54.0 Å². The molecule has 10 nitrogen and oxygen atoms in total. The normalized spacial score (nSPS) is 15.3. The molecule has 1 heterocycles. The minimum atomic E-state index is -1.48. The first kappa shape index (κ1) is 29.0. The molecule has 3 aromatic rings. The average Bonchev–Trinajstić information content (AvgIpc) is 3.41. The molecule has 3 amide bonds. The number of methoxy groups -OCH3 is 2. The van der Waals surface area contributed by atoms with Crippen molar-refractivity contribution in [1.82, 2.24) is 15.1 Å². The van der Waals surface area contributed by atoms with Crippen molar-refractivity contribution in [2.75, 3.05) is 27.3 Å². The summed E-state index contributed by atoms with van der Waals surface area (Å²) in [6.45, 7) is -0.0637. The Morgan fingerprint density at radius 3 is 1.88 bits per heavy atom. The molecule has 1 aliphatic rings. The van der Waals surface area contributed by atoms with Gasteiger partial charge in [-0.2, -0.15) is 0 Å². The molecule has 1 aliphatic heterocycles. The van der Waals surface area contributed by atoms with Gasteiger partial charge < -0.3 is 29.7 Å². The Morgan fingerprint density at radius 2 is 1.34 bits per heavy atom. The van der Waals surface area contributed by atoms with Gasteiger partial charge in [0.05, 0.1) is 26.7 Å². The third kappa shape index (κ3) is 6.43. The van der Waals surface area contributed by atoms with E-state index in [0.29, 0.717) is 11.3 Å². The lowest BCUT2D eigenvalue weighted by molar-refractivity contribution is -0.138. The van der Waals surface area contributed by atoms with Crippen LogP contribution in [-0.4, -0.2) is 72.1 Å². The van der Waals surface area contributed by atoms with E-state index >= 15 is 0 Å². The highest BCUT2D eigenvalue weighted by Gasteiger charge is 2.44. The molecular weight excluding hydrogens is 540 g/mol. The van der Waals surface area contributed by atoms with Crippen LogP contribution in [0.1, 0.15) is 38.7 Å². The number of nitrogens with one attached hydrogen (secondary N) is 1. The maximum absolute atomic E-state index is 13.8. The number of carbonyl (C=O) groups is 4. The summed E-state index contributed by atoms with van der Waals surface area (Å²) >= 11 is 0. The van der Waals surface area contributed by atoms with Gasteiger partial charge in [-0.05, 0) is 60.2 Å². The molecule has 1 saturated heterocycles. The van der Waals surface area contributed by atoms with Gasteiger partial charge in [-0.1, -0.05) is 12.1 Å². The maximum Gasteiger partial charge on any atom is 0.305 e. The number of benzene rings is 3. The number of carboxylic acids is 1. The summed E-state index contributed by atoms with van der Waals surface area (Å²) in [7, 11) is 2.84. The number of hydrogen-bond donors (Lipinski definition) is 2. The van der Waals surface area contributed by atoms with E-state index in [1.54, 1.807) is 0 Å². The zero-order valence-corrected chi connectivity index (χ0v) is 22.2. The van der Waals surface area contributed by atoms with Gasteiger partial charge in [-0.3, -0.25) is 19.2 Å². The second-order valence-corrected chi connectivity index (χ2v) is 9.16. The Kier molecular flexibility index (Phi) is 8.81. The van der Waals surface area contributed by atoms with Gasteiger partial charge in [0, 0.05) is 24.2 Å². The molecule has 0 aromatic heterocycles. The third-order valence-corrected chi connectivity index (χ3v) is 6.62. The van der Waals surface area contributed by atoms with E-state index in [2.05, 4.69) is 5.32 Å². The van der Waals surface area contributed by atoms with Crippen LogP contribution in [0, 0.1) is 11.6 Å². The summed E-state index contributed by atoms with van der Waals surface area (Å²) in [5, 5.41) is 12.1.